The van der Waals surface area contributed by atoms with Crippen molar-refractivity contribution in [3.8, 4) is 6.07 Å². The molecule has 1 aromatic carbocycles. The lowest BCUT2D eigenvalue weighted by molar-refractivity contribution is 0.102. The molecule has 4 nitrogen and oxygen atoms in total. The average Bonchev–Trinajstić information content (AvgIpc) is 2.39. The monoisotopic (exact) mass is 319 g/mol. The first-order valence-corrected chi connectivity index (χ1v) is 6.02. The first-order valence-electron chi connectivity index (χ1n) is 5.22. The Hall–Kier alpha value is -2.26. The Kier molecular flexibility index (Phi) is 3.88. The molecule has 0 atom stereocenters. The second-order valence-corrected chi connectivity index (χ2v) is 4.54. The predicted octanol–water partition coefficient (Wildman–Crippen LogP) is 3.11. The summed E-state index contributed by atoms with van der Waals surface area (Å²) in [7, 11) is 0. The lowest BCUT2D eigenvalue weighted by atomic mass is 10.2. The number of nitriles is 1. The van der Waals surface area contributed by atoms with Gasteiger partial charge in [0.15, 0.2) is 0 Å². The van der Waals surface area contributed by atoms with Crippen molar-refractivity contribution >= 4 is 27.5 Å². The molecule has 1 N–H and O–H groups in total. The van der Waals surface area contributed by atoms with E-state index in [0.29, 0.717) is 11.3 Å². The summed E-state index contributed by atoms with van der Waals surface area (Å²) in [6, 6.07) is 9.26. The third-order valence-electron chi connectivity index (χ3n) is 2.34. The molecule has 0 saturated carbocycles. The number of carbonyl (C=O) groups is 1. The predicted molar refractivity (Wildman–Crippen MR) is 71.0 cm³/mol. The number of nitrogens with zero attached hydrogens (tertiary/aromatic N) is 2. The summed E-state index contributed by atoms with van der Waals surface area (Å²) in [5.74, 6) is -1.24. The topological polar surface area (TPSA) is 65.8 Å². The summed E-state index contributed by atoms with van der Waals surface area (Å²) in [5.41, 5.74) is 0.821. The number of pyridine rings is 1. The van der Waals surface area contributed by atoms with E-state index in [1.165, 1.54) is 12.3 Å². The molecule has 6 heteroatoms. The molecular formula is C13H7BrFN3O. The SMILES string of the molecule is N#Cc1ccc(Br)cc1NC(=O)c1ccnc(F)c1. The average molecular weight is 320 g/mol. The van der Waals surface area contributed by atoms with E-state index in [0.717, 1.165) is 10.5 Å². The zero-order valence-corrected chi connectivity index (χ0v) is 11.1. The molecule has 0 bridgehead atoms. The van der Waals surface area contributed by atoms with Gasteiger partial charge in [-0.05, 0) is 24.3 Å². The first kappa shape index (κ1) is 13.2. The Labute approximate surface area is 117 Å². The molecule has 2 aromatic rings. The number of anilines is 1. The van der Waals surface area contributed by atoms with Crippen molar-refractivity contribution in [2.45, 2.75) is 0 Å². The van der Waals surface area contributed by atoms with Crippen molar-refractivity contribution in [1.29, 1.82) is 5.26 Å². The van der Waals surface area contributed by atoms with Gasteiger partial charge in [0.2, 0.25) is 5.95 Å². The van der Waals surface area contributed by atoms with Crippen LogP contribution in [-0.2, 0) is 0 Å². The Balaban J connectivity index is 2.29. The molecule has 0 fully saturated rings. The Bertz CT molecular complexity index is 682. The van der Waals surface area contributed by atoms with E-state index in [1.54, 1.807) is 18.2 Å². The minimum absolute atomic E-state index is 0.136. The van der Waals surface area contributed by atoms with Gasteiger partial charge in [0.25, 0.3) is 5.91 Å². The van der Waals surface area contributed by atoms with Crippen LogP contribution in [0.5, 0.6) is 0 Å². The second-order valence-electron chi connectivity index (χ2n) is 3.62. The molecule has 0 radical (unpaired) electrons. The van der Waals surface area contributed by atoms with Crippen LogP contribution in [0.3, 0.4) is 0 Å². The molecular weight excluding hydrogens is 313 g/mol. The summed E-state index contributed by atoms with van der Waals surface area (Å²) >= 11 is 3.25. The highest BCUT2D eigenvalue weighted by Gasteiger charge is 2.10. The van der Waals surface area contributed by atoms with Crippen LogP contribution in [0, 0.1) is 17.3 Å². The van der Waals surface area contributed by atoms with Gasteiger partial charge in [-0.2, -0.15) is 9.65 Å². The molecule has 0 unspecified atom stereocenters. The maximum atomic E-state index is 12.9. The van der Waals surface area contributed by atoms with E-state index in [-0.39, 0.29) is 5.56 Å². The van der Waals surface area contributed by atoms with E-state index in [9.17, 15) is 9.18 Å². The van der Waals surface area contributed by atoms with Crippen molar-refractivity contribution in [2.24, 2.45) is 0 Å². The van der Waals surface area contributed by atoms with Crippen LogP contribution < -0.4 is 5.32 Å². The van der Waals surface area contributed by atoms with Crippen molar-refractivity contribution in [3.05, 3.63) is 58.1 Å². The molecule has 1 aromatic heterocycles. The summed E-state index contributed by atoms with van der Waals surface area (Å²) in [6.07, 6.45) is 1.20. The Morgan fingerprint density at radius 3 is 2.84 bits per heavy atom. The Morgan fingerprint density at radius 2 is 2.16 bits per heavy atom. The minimum Gasteiger partial charge on any atom is -0.321 e. The number of hydrogen-bond acceptors (Lipinski definition) is 3. The summed E-state index contributed by atoms with van der Waals surface area (Å²) in [4.78, 5) is 15.3. The van der Waals surface area contributed by atoms with Crippen LogP contribution in [0.2, 0.25) is 0 Å². The van der Waals surface area contributed by atoms with E-state index in [4.69, 9.17) is 5.26 Å². The third-order valence-corrected chi connectivity index (χ3v) is 2.83. The number of rotatable bonds is 2. The lowest BCUT2D eigenvalue weighted by Gasteiger charge is -2.07. The number of amides is 1. The van der Waals surface area contributed by atoms with Crippen LogP contribution in [0.15, 0.2) is 41.0 Å². The van der Waals surface area contributed by atoms with Crippen molar-refractivity contribution in [1.82, 2.24) is 4.98 Å². The van der Waals surface area contributed by atoms with Crippen molar-refractivity contribution in [2.75, 3.05) is 5.32 Å². The van der Waals surface area contributed by atoms with Gasteiger partial charge in [-0.1, -0.05) is 15.9 Å². The van der Waals surface area contributed by atoms with Gasteiger partial charge in [-0.25, -0.2) is 4.98 Å². The standard InChI is InChI=1S/C13H7BrFN3O/c14-10-2-1-9(7-16)11(6-10)18-13(19)8-3-4-17-12(15)5-8/h1-6H,(H,18,19). The van der Waals surface area contributed by atoms with E-state index < -0.39 is 11.9 Å². The molecule has 19 heavy (non-hydrogen) atoms. The largest absolute Gasteiger partial charge is 0.321 e. The molecule has 1 amide bonds. The van der Waals surface area contributed by atoms with Crippen molar-refractivity contribution < 1.29 is 9.18 Å². The fourth-order valence-corrected chi connectivity index (χ4v) is 1.82. The van der Waals surface area contributed by atoms with E-state index in [1.807, 2.05) is 6.07 Å². The molecule has 0 spiro atoms. The fraction of sp³-hybridized carbons (Fsp3) is 0. The molecule has 0 aliphatic heterocycles. The highest BCUT2D eigenvalue weighted by molar-refractivity contribution is 9.10. The Morgan fingerprint density at radius 1 is 1.37 bits per heavy atom. The normalized spacial score (nSPS) is 9.74. The fourth-order valence-electron chi connectivity index (χ4n) is 1.46. The molecule has 0 aliphatic carbocycles. The van der Waals surface area contributed by atoms with Gasteiger partial charge in [-0.15, -0.1) is 0 Å². The quantitative estimate of drug-likeness (QED) is 0.865. The second kappa shape index (κ2) is 5.59. The molecule has 2 rings (SSSR count). The maximum Gasteiger partial charge on any atom is 0.255 e. The molecule has 94 valence electrons. The number of hydrogen-bond donors (Lipinski definition) is 1. The van der Waals surface area contributed by atoms with Gasteiger partial charge >= 0.3 is 0 Å². The van der Waals surface area contributed by atoms with Gasteiger partial charge < -0.3 is 5.32 Å². The van der Waals surface area contributed by atoms with Crippen LogP contribution in [0.1, 0.15) is 15.9 Å². The first-order chi connectivity index (χ1) is 9.10. The minimum atomic E-state index is -0.734. The number of carbonyl (C=O) groups excluding carboxylic acids is 1. The number of halogens is 2. The zero-order chi connectivity index (χ0) is 13.8. The summed E-state index contributed by atoms with van der Waals surface area (Å²) in [5, 5.41) is 11.5. The highest BCUT2D eigenvalue weighted by atomic mass is 79.9. The highest BCUT2D eigenvalue weighted by Crippen LogP contribution is 2.21. The lowest BCUT2D eigenvalue weighted by Crippen LogP contribution is -2.13. The number of benzene rings is 1. The van der Waals surface area contributed by atoms with E-state index >= 15 is 0 Å². The van der Waals surface area contributed by atoms with Gasteiger partial charge in [-0.3, -0.25) is 4.79 Å². The zero-order valence-electron chi connectivity index (χ0n) is 9.52. The summed E-state index contributed by atoms with van der Waals surface area (Å²) in [6.45, 7) is 0. The van der Waals surface area contributed by atoms with Crippen LogP contribution in [0.4, 0.5) is 10.1 Å². The van der Waals surface area contributed by atoms with Gasteiger partial charge in [0.05, 0.1) is 11.3 Å². The van der Waals surface area contributed by atoms with Gasteiger partial charge in [0.1, 0.15) is 6.07 Å². The van der Waals surface area contributed by atoms with Crippen LogP contribution in [-0.4, -0.2) is 10.9 Å². The molecule has 0 aliphatic rings. The van der Waals surface area contributed by atoms with Crippen LogP contribution in [0.25, 0.3) is 0 Å². The van der Waals surface area contributed by atoms with Crippen LogP contribution >= 0.6 is 15.9 Å². The van der Waals surface area contributed by atoms with Gasteiger partial charge in [0, 0.05) is 22.3 Å². The molecule has 1 heterocycles. The molecule has 0 saturated heterocycles. The number of nitrogens with one attached hydrogen (secondary N) is 1. The summed E-state index contributed by atoms with van der Waals surface area (Å²) < 4.78 is 13.6. The number of aromatic nitrogens is 1. The smallest absolute Gasteiger partial charge is 0.255 e. The third kappa shape index (κ3) is 3.14. The van der Waals surface area contributed by atoms with E-state index in [2.05, 4.69) is 26.2 Å². The maximum absolute atomic E-state index is 12.9. The van der Waals surface area contributed by atoms with Crippen molar-refractivity contribution in [3.63, 3.8) is 0 Å².